The lowest BCUT2D eigenvalue weighted by Crippen LogP contribution is -2.27. The van der Waals surface area contributed by atoms with E-state index in [1.165, 1.54) is 12.1 Å². The van der Waals surface area contributed by atoms with E-state index in [1.807, 2.05) is 30.3 Å². The van der Waals surface area contributed by atoms with Crippen LogP contribution < -0.4 is 5.11 Å². The van der Waals surface area contributed by atoms with Crippen molar-refractivity contribution in [2.45, 2.75) is 5.51 Å². The van der Waals surface area contributed by atoms with Gasteiger partial charge in [0.25, 0.3) is 0 Å². The summed E-state index contributed by atoms with van der Waals surface area (Å²) in [6, 6.07) is 15.6. The van der Waals surface area contributed by atoms with E-state index in [-0.39, 0.29) is 5.56 Å². The van der Waals surface area contributed by atoms with Gasteiger partial charge in [0.1, 0.15) is 0 Å². The summed E-state index contributed by atoms with van der Waals surface area (Å²) in [6.45, 7) is 0. The summed E-state index contributed by atoms with van der Waals surface area (Å²) >= 11 is 0. The SMILES string of the molecule is O=S(=O)(/N=C(\[O-])c1cc2ccc3cccc4ccc(c1)c2c34)C(F)(F)F. The van der Waals surface area contributed by atoms with Crippen molar-refractivity contribution in [2.75, 3.05) is 0 Å². The molecule has 0 aliphatic heterocycles. The van der Waals surface area contributed by atoms with Gasteiger partial charge in [-0.1, -0.05) is 42.5 Å². The van der Waals surface area contributed by atoms with E-state index in [0.29, 0.717) is 10.8 Å². The number of hydrogen-bond acceptors (Lipinski definition) is 3. The fraction of sp³-hybridized carbons (Fsp3) is 0.0556. The molecule has 0 amide bonds. The van der Waals surface area contributed by atoms with Crippen LogP contribution in [0.15, 0.2) is 59.0 Å². The molecular formula is C18H9F3NO3S-. The first-order valence-electron chi connectivity index (χ1n) is 7.43. The van der Waals surface area contributed by atoms with E-state index in [9.17, 15) is 26.7 Å². The molecule has 0 atom stereocenters. The Balaban J connectivity index is 1.98. The maximum atomic E-state index is 12.4. The summed E-state index contributed by atoms with van der Waals surface area (Å²) < 4.78 is 62.0. The van der Waals surface area contributed by atoms with E-state index >= 15 is 0 Å². The van der Waals surface area contributed by atoms with Crippen LogP contribution in [-0.2, 0) is 10.0 Å². The summed E-state index contributed by atoms with van der Waals surface area (Å²) in [7, 11) is -5.88. The Morgan fingerprint density at radius 2 is 1.31 bits per heavy atom. The molecule has 0 saturated heterocycles. The average molecular weight is 376 g/mol. The topological polar surface area (TPSA) is 69.6 Å². The zero-order valence-corrected chi connectivity index (χ0v) is 13.7. The molecule has 0 unspecified atom stereocenters. The van der Waals surface area contributed by atoms with E-state index in [2.05, 4.69) is 4.40 Å². The van der Waals surface area contributed by atoms with Crippen LogP contribution in [0.4, 0.5) is 13.2 Å². The number of hydrogen-bond donors (Lipinski definition) is 0. The van der Waals surface area contributed by atoms with Crippen LogP contribution in [0.3, 0.4) is 0 Å². The maximum Gasteiger partial charge on any atom is 0.518 e. The summed E-state index contributed by atoms with van der Waals surface area (Å²) in [5.74, 6) is -1.45. The molecule has 0 bridgehead atoms. The Labute approximate surface area is 145 Å². The highest BCUT2D eigenvalue weighted by atomic mass is 32.2. The van der Waals surface area contributed by atoms with Crippen molar-refractivity contribution in [3.8, 4) is 0 Å². The van der Waals surface area contributed by atoms with Crippen LogP contribution in [0, 0.1) is 0 Å². The Kier molecular flexibility index (Phi) is 3.39. The zero-order valence-electron chi connectivity index (χ0n) is 12.9. The minimum atomic E-state index is -5.88. The summed E-state index contributed by atoms with van der Waals surface area (Å²) in [5, 5.41) is 17.1. The van der Waals surface area contributed by atoms with E-state index in [1.54, 1.807) is 12.1 Å². The monoisotopic (exact) mass is 376 g/mol. The molecule has 8 heteroatoms. The molecule has 0 N–H and O–H groups in total. The van der Waals surface area contributed by atoms with Gasteiger partial charge in [0.15, 0.2) is 0 Å². The minimum Gasteiger partial charge on any atom is -0.858 e. The van der Waals surface area contributed by atoms with Crippen LogP contribution in [0.2, 0.25) is 0 Å². The van der Waals surface area contributed by atoms with Gasteiger partial charge in [-0.15, -0.1) is 0 Å². The van der Waals surface area contributed by atoms with Gasteiger partial charge in [-0.2, -0.15) is 26.0 Å². The first kappa shape index (κ1) is 16.6. The third-order valence-corrected chi connectivity index (χ3v) is 5.20. The maximum absolute atomic E-state index is 12.4. The van der Waals surface area contributed by atoms with Gasteiger partial charge in [0.2, 0.25) is 0 Å². The molecule has 4 nitrogen and oxygen atoms in total. The van der Waals surface area contributed by atoms with Crippen molar-refractivity contribution in [2.24, 2.45) is 4.40 Å². The molecule has 4 aromatic carbocycles. The second-order valence-corrected chi connectivity index (χ2v) is 7.42. The second kappa shape index (κ2) is 5.31. The number of alkyl halides is 3. The normalized spacial score (nSPS) is 13.9. The molecule has 0 spiro atoms. The Hall–Kier alpha value is -2.87. The quantitative estimate of drug-likeness (QED) is 0.305. The van der Waals surface area contributed by atoms with Gasteiger partial charge in [-0.05, 0) is 50.0 Å². The number of rotatable bonds is 2. The molecular weight excluding hydrogens is 367 g/mol. The lowest BCUT2D eigenvalue weighted by Gasteiger charge is -2.16. The number of benzene rings is 4. The van der Waals surface area contributed by atoms with Gasteiger partial charge >= 0.3 is 15.5 Å². The van der Waals surface area contributed by atoms with Crippen molar-refractivity contribution >= 4 is 48.2 Å². The molecule has 0 saturated carbocycles. The van der Waals surface area contributed by atoms with E-state index < -0.39 is 21.4 Å². The van der Waals surface area contributed by atoms with E-state index in [4.69, 9.17) is 0 Å². The molecule has 132 valence electrons. The van der Waals surface area contributed by atoms with Crippen molar-refractivity contribution in [1.82, 2.24) is 0 Å². The largest absolute Gasteiger partial charge is 0.858 e. The molecule has 0 aromatic heterocycles. The van der Waals surface area contributed by atoms with Crippen molar-refractivity contribution in [3.63, 3.8) is 0 Å². The number of nitrogens with zero attached hydrogens (tertiary/aromatic N) is 1. The zero-order chi connectivity index (χ0) is 18.7. The third kappa shape index (κ3) is 2.45. The average Bonchev–Trinajstić information content (AvgIpc) is 2.58. The van der Waals surface area contributed by atoms with Crippen LogP contribution >= 0.6 is 0 Å². The van der Waals surface area contributed by atoms with Crippen molar-refractivity contribution in [1.29, 1.82) is 0 Å². The molecule has 0 fully saturated rings. The lowest BCUT2D eigenvalue weighted by atomic mass is 9.93. The van der Waals surface area contributed by atoms with Crippen molar-refractivity contribution in [3.05, 3.63) is 60.2 Å². The highest BCUT2D eigenvalue weighted by molar-refractivity contribution is 7.91. The molecule has 0 aliphatic carbocycles. The minimum absolute atomic E-state index is 0.219. The van der Waals surface area contributed by atoms with Crippen LogP contribution in [-0.4, -0.2) is 19.8 Å². The fourth-order valence-corrected chi connectivity index (χ4v) is 3.52. The first-order valence-corrected chi connectivity index (χ1v) is 8.87. The highest BCUT2D eigenvalue weighted by Gasteiger charge is 2.45. The van der Waals surface area contributed by atoms with Crippen LogP contribution in [0.5, 0.6) is 0 Å². The standard InChI is InChI=1S/C18H10F3NO3S/c19-18(20,21)26(24,25)22-17(23)14-8-12-6-4-10-2-1-3-11-5-7-13(9-14)16(12)15(10)11/h1-9H,(H,22,23)/p-1. The highest BCUT2D eigenvalue weighted by Crippen LogP contribution is 2.35. The lowest BCUT2D eigenvalue weighted by molar-refractivity contribution is -0.212. The summed E-state index contributed by atoms with van der Waals surface area (Å²) in [5.41, 5.74) is -5.83. The predicted molar refractivity (Wildman–Crippen MR) is 91.7 cm³/mol. The van der Waals surface area contributed by atoms with Gasteiger partial charge in [0.05, 0.1) is 0 Å². The predicted octanol–water partition coefficient (Wildman–Crippen LogP) is 3.54. The molecule has 0 heterocycles. The first-order chi connectivity index (χ1) is 12.2. The van der Waals surface area contributed by atoms with Gasteiger partial charge in [0, 0.05) is 5.90 Å². The summed E-state index contributed by atoms with van der Waals surface area (Å²) in [4.78, 5) is 0. The molecule has 4 rings (SSSR count). The third-order valence-electron chi connectivity index (χ3n) is 4.21. The molecule has 0 aliphatic rings. The van der Waals surface area contributed by atoms with Gasteiger partial charge < -0.3 is 5.11 Å². The fourth-order valence-electron chi connectivity index (χ4n) is 3.09. The summed E-state index contributed by atoms with van der Waals surface area (Å²) in [6.07, 6.45) is 0. The Morgan fingerprint density at radius 1 is 0.846 bits per heavy atom. The number of halogens is 3. The molecule has 26 heavy (non-hydrogen) atoms. The van der Waals surface area contributed by atoms with Crippen LogP contribution in [0.25, 0.3) is 32.3 Å². The smallest absolute Gasteiger partial charge is 0.518 e. The molecule has 4 aromatic rings. The molecule has 0 radical (unpaired) electrons. The van der Waals surface area contributed by atoms with Gasteiger partial charge in [-0.3, -0.25) is 0 Å². The van der Waals surface area contributed by atoms with Crippen molar-refractivity contribution < 1.29 is 26.7 Å². The number of sulfonamides is 1. The Morgan fingerprint density at radius 3 is 1.81 bits per heavy atom. The van der Waals surface area contributed by atoms with Crippen LogP contribution in [0.1, 0.15) is 5.56 Å². The van der Waals surface area contributed by atoms with Gasteiger partial charge in [-0.25, -0.2) is 0 Å². The second-order valence-electron chi connectivity index (χ2n) is 5.83. The Bertz CT molecular complexity index is 1230. The van der Waals surface area contributed by atoms with E-state index in [0.717, 1.165) is 21.5 Å².